The number of carbonyl (C=O) groups excluding carboxylic acids is 1. The van der Waals surface area contributed by atoms with E-state index in [1.807, 2.05) is 6.92 Å². The van der Waals surface area contributed by atoms with Crippen LogP contribution >= 0.6 is 0 Å². The van der Waals surface area contributed by atoms with E-state index in [1.54, 1.807) is 13.0 Å². The highest BCUT2D eigenvalue weighted by Crippen LogP contribution is 2.17. The molecule has 0 fully saturated rings. The molecule has 0 N–H and O–H groups in total. The molecule has 3 aromatic rings. The van der Waals surface area contributed by atoms with Crippen LogP contribution in [-0.2, 0) is 10.0 Å². The maximum atomic E-state index is 12.8. The number of non-ortho nitro benzene ring substituents is 1. The first-order valence-electron chi connectivity index (χ1n) is 8.05. The molecule has 3 rings (SSSR count). The Labute approximate surface area is 159 Å². The Morgan fingerprint density at radius 1 is 1.04 bits per heavy atom. The average Bonchev–Trinajstić information content (AvgIpc) is 3.05. The lowest BCUT2D eigenvalue weighted by atomic mass is 10.1. The number of imidazole rings is 1. The smallest absolute Gasteiger partial charge is 0.268 e. The van der Waals surface area contributed by atoms with E-state index in [-0.39, 0.29) is 16.1 Å². The highest BCUT2D eigenvalue weighted by Gasteiger charge is 2.24. The van der Waals surface area contributed by atoms with Gasteiger partial charge in [0.1, 0.15) is 0 Å². The lowest BCUT2D eigenvalue weighted by Crippen LogP contribution is -2.32. The molecular formula is C18H15N3O6S. The minimum Gasteiger partial charge on any atom is -0.268 e. The molecule has 0 aliphatic carbocycles. The number of aryl methyl sites for hydroxylation is 2. The van der Waals surface area contributed by atoms with Gasteiger partial charge < -0.3 is 0 Å². The fourth-order valence-corrected chi connectivity index (χ4v) is 3.88. The first-order chi connectivity index (χ1) is 13.1. The van der Waals surface area contributed by atoms with Crippen molar-refractivity contribution in [1.82, 2.24) is 8.54 Å². The van der Waals surface area contributed by atoms with E-state index in [0.29, 0.717) is 8.54 Å². The third-order valence-corrected chi connectivity index (χ3v) is 5.95. The molecule has 0 spiro atoms. The van der Waals surface area contributed by atoms with Crippen LogP contribution in [0.1, 0.15) is 21.5 Å². The van der Waals surface area contributed by atoms with Gasteiger partial charge in [0, 0.05) is 30.1 Å². The topological polar surface area (TPSA) is 121 Å². The fourth-order valence-electron chi connectivity index (χ4n) is 2.58. The van der Waals surface area contributed by atoms with Gasteiger partial charge >= 0.3 is 5.69 Å². The molecule has 144 valence electrons. The summed E-state index contributed by atoms with van der Waals surface area (Å²) in [7, 11) is -4.20. The largest absolute Gasteiger partial charge is 0.349 e. The molecule has 2 aromatic carbocycles. The second kappa shape index (κ2) is 6.89. The molecule has 1 aromatic heterocycles. The molecule has 0 radical (unpaired) electrons. The van der Waals surface area contributed by atoms with Crippen LogP contribution in [0, 0.1) is 24.0 Å². The lowest BCUT2D eigenvalue weighted by molar-refractivity contribution is -0.384. The van der Waals surface area contributed by atoms with Crippen molar-refractivity contribution in [2.24, 2.45) is 0 Å². The first kappa shape index (κ1) is 19.2. The second-order valence-corrected chi connectivity index (χ2v) is 7.93. The summed E-state index contributed by atoms with van der Waals surface area (Å²) in [5.74, 6) is -0.872. The molecule has 0 atom stereocenters. The summed E-state index contributed by atoms with van der Waals surface area (Å²) in [5, 5.41) is 10.9. The standard InChI is InChI=1S/C18H15N3O6S/c1-12-6-7-16(10-13(12)2)28(26,27)20-9-8-19(18(20)23)17(22)14-4-3-5-15(11-14)21(24)25/h3-11H,1-2H3. The molecule has 10 heteroatoms. The van der Waals surface area contributed by atoms with Crippen molar-refractivity contribution >= 4 is 21.6 Å². The Balaban J connectivity index is 2.05. The molecular weight excluding hydrogens is 386 g/mol. The van der Waals surface area contributed by atoms with Gasteiger partial charge in [-0.1, -0.05) is 12.1 Å². The number of rotatable bonds is 4. The number of nitrogens with zero attached hydrogens (tertiary/aromatic N) is 3. The number of nitro benzene ring substituents is 1. The average molecular weight is 401 g/mol. The van der Waals surface area contributed by atoms with Crippen molar-refractivity contribution in [1.29, 1.82) is 0 Å². The molecule has 0 saturated heterocycles. The number of hydrogen-bond acceptors (Lipinski definition) is 6. The number of carbonyl (C=O) groups is 1. The van der Waals surface area contributed by atoms with Crippen molar-refractivity contribution in [3.63, 3.8) is 0 Å². The lowest BCUT2D eigenvalue weighted by Gasteiger charge is -2.07. The third kappa shape index (κ3) is 3.25. The summed E-state index contributed by atoms with van der Waals surface area (Å²) in [6.07, 6.45) is 1.99. The van der Waals surface area contributed by atoms with E-state index in [1.165, 1.54) is 30.3 Å². The summed E-state index contributed by atoms with van der Waals surface area (Å²) in [5.41, 5.74) is 0.111. The summed E-state index contributed by atoms with van der Waals surface area (Å²) in [6, 6.07) is 9.27. The zero-order valence-electron chi connectivity index (χ0n) is 14.9. The summed E-state index contributed by atoms with van der Waals surface area (Å²) in [4.78, 5) is 35.2. The molecule has 9 nitrogen and oxygen atoms in total. The van der Waals surface area contributed by atoms with Gasteiger partial charge in [0.05, 0.1) is 9.82 Å². The maximum absolute atomic E-state index is 12.8. The van der Waals surface area contributed by atoms with Crippen LogP contribution < -0.4 is 5.69 Å². The minimum absolute atomic E-state index is 0.0850. The van der Waals surface area contributed by atoms with E-state index in [2.05, 4.69) is 0 Å². The van der Waals surface area contributed by atoms with Crippen molar-refractivity contribution < 1.29 is 18.1 Å². The summed E-state index contributed by atoms with van der Waals surface area (Å²) >= 11 is 0. The van der Waals surface area contributed by atoms with E-state index in [0.717, 1.165) is 29.6 Å². The summed E-state index contributed by atoms with van der Waals surface area (Å²) < 4.78 is 26.6. The van der Waals surface area contributed by atoms with Crippen molar-refractivity contribution in [2.45, 2.75) is 18.7 Å². The Morgan fingerprint density at radius 2 is 1.75 bits per heavy atom. The number of benzene rings is 2. The zero-order valence-corrected chi connectivity index (χ0v) is 15.7. The molecule has 0 amide bonds. The Bertz CT molecular complexity index is 1270. The zero-order chi connectivity index (χ0) is 20.6. The Morgan fingerprint density at radius 3 is 2.39 bits per heavy atom. The van der Waals surface area contributed by atoms with Gasteiger partial charge in [0.25, 0.3) is 21.6 Å². The van der Waals surface area contributed by atoms with Gasteiger partial charge in [0.2, 0.25) is 0 Å². The predicted octanol–water partition coefficient (Wildman–Crippen LogP) is 2.10. The monoisotopic (exact) mass is 401 g/mol. The van der Waals surface area contributed by atoms with Crippen LogP contribution in [0.15, 0.2) is 64.5 Å². The van der Waals surface area contributed by atoms with Gasteiger partial charge in [0.15, 0.2) is 0 Å². The van der Waals surface area contributed by atoms with Crippen LogP contribution in [-0.4, -0.2) is 27.8 Å². The number of nitro groups is 1. The van der Waals surface area contributed by atoms with Gasteiger partial charge in [-0.3, -0.25) is 14.9 Å². The van der Waals surface area contributed by atoms with E-state index >= 15 is 0 Å². The predicted molar refractivity (Wildman–Crippen MR) is 100 cm³/mol. The van der Waals surface area contributed by atoms with Crippen molar-refractivity contribution in [3.05, 3.63) is 92.1 Å². The van der Waals surface area contributed by atoms with Gasteiger partial charge in [-0.05, 0) is 43.2 Å². The third-order valence-electron chi connectivity index (χ3n) is 4.30. The van der Waals surface area contributed by atoms with Crippen LogP contribution in [0.2, 0.25) is 0 Å². The highest BCUT2D eigenvalue weighted by molar-refractivity contribution is 7.90. The second-order valence-electron chi connectivity index (χ2n) is 6.11. The van der Waals surface area contributed by atoms with Crippen LogP contribution in [0.25, 0.3) is 0 Å². The quantitative estimate of drug-likeness (QED) is 0.487. The van der Waals surface area contributed by atoms with E-state index in [9.17, 15) is 28.1 Å². The molecule has 28 heavy (non-hydrogen) atoms. The van der Waals surface area contributed by atoms with E-state index < -0.39 is 26.5 Å². The van der Waals surface area contributed by atoms with Crippen molar-refractivity contribution in [2.75, 3.05) is 0 Å². The number of aromatic nitrogens is 2. The molecule has 0 saturated carbocycles. The fraction of sp³-hybridized carbons (Fsp3) is 0.111. The molecule has 0 aliphatic heterocycles. The van der Waals surface area contributed by atoms with Crippen molar-refractivity contribution in [3.8, 4) is 0 Å². The SMILES string of the molecule is Cc1ccc(S(=O)(=O)n2ccn(C(=O)c3cccc([N+](=O)[O-])c3)c2=O)cc1C. The van der Waals surface area contributed by atoms with Crippen LogP contribution in [0.5, 0.6) is 0 Å². The van der Waals surface area contributed by atoms with E-state index in [4.69, 9.17) is 0 Å². The molecule has 1 heterocycles. The maximum Gasteiger partial charge on any atom is 0.349 e. The van der Waals surface area contributed by atoms with Crippen LogP contribution in [0.4, 0.5) is 5.69 Å². The molecule has 0 bridgehead atoms. The normalized spacial score (nSPS) is 11.4. The molecule has 0 aliphatic rings. The molecule has 0 unspecified atom stereocenters. The minimum atomic E-state index is -4.20. The van der Waals surface area contributed by atoms with Gasteiger partial charge in [-0.2, -0.15) is 3.97 Å². The Hall–Kier alpha value is -3.53. The first-order valence-corrected chi connectivity index (χ1v) is 9.49. The highest BCUT2D eigenvalue weighted by atomic mass is 32.2. The summed E-state index contributed by atoms with van der Waals surface area (Å²) in [6.45, 7) is 3.57. The Kier molecular flexibility index (Phi) is 4.73. The van der Waals surface area contributed by atoms with Crippen LogP contribution in [0.3, 0.4) is 0 Å². The number of hydrogen-bond donors (Lipinski definition) is 0. The van der Waals surface area contributed by atoms with Gasteiger partial charge in [-0.15, -0.1) is 0 Å². The van der Waals surface area contributed by atoms with Gasteiger partial charge in [-0.25, -0.2) is 17.8 Å².